The highest BCUT2D eigenvalue weighted by Crippen LogP contribution is 2.28. The van der Waals surface area contributed by atoms with Gasteiger partial charge in [-0.05, 0) is 34.5 Å². The fraction of sp³-hybridized carbons (Fsp3) is 0.308. The van der Waals surface area contributed by atoms with Gasteiger partial charge in [-0.15, -0.1) is 0 Å². The van der Waals surface area contributed by atoms with Crippen LogP contribution in [0.25, 0.3) is 0 Å². The van der Waals surface area contributed by atoms with Crippen LogP contribution in [0, 0.1) is 0 Å². The van der Waals surface area contributed by atoms with Gasteiger partial charge in [0.15, 0.2) is 5.69 Å². The molecular weight excluding hydrogens is 322 g/mol. The first kappa shape index (κ1) is 13.1. The van der Waals surface area contributed by atoms with E-state index in [1.54, 1.807) is 0 Å². The van der Waals surface area contributed by atoms with Crippen LogP contribution in [-0.4, -0.2) is 40.4 Å². The largest absolute Gasteiger partial charge is 0.368 e. The average molecular weight is 336 g/mol. The number of H-pyrrole nitrogens is 1. The van der Waals surface area contributed by atoms with Crippen molar-refractivity contribution in [3.05, 3.63) is 40.6 Å². The zero-order valence-electron chi connectivity index (χ0n) is 10.7. The lowest BCUT2D eigenvalue weighted by atomic mass is 10.2. The summed E-state index contributed by atoms with van der Waals surface area (Å²) < 4.78 is 1.07. The number of carbonyl (C=O) groups is 1. The Bertz CT molecular complexity index is 601. The molecule has 6 nitrogen and oxygen atoms in total. The predicted octanol–water partition coefficient (Wildman–Crippen LogP) is 1.58. The number of nitrogens with one attached hydrogen (secondary N) is 2. The van der Waals surface area contributed by atoms with E-state index in [-0.39, 0.29) is 11.9 Å². The zero-order chi connectivity index (χ0) is 13.9. The van der Waals surface area contributed by atoms with Crippen LogP contribution in [0.1, 0.15) is 16.9 Å². The van der Waals surface area contributed by atoms with E-state index in [1.807, 2.05) is 18.2 Å². The van der Waals surface area contributed by atoms with Crippen molar-refractivity contribution in [3.8, 4) is 0 Å². The molecule has 1 amide bonds. The Morgan fingerprint density at radius 2 is 2.30 bits per heavy atom. The number of aromatic nitrogens is 3. The minimum atomic E-state index is -0.183. The Balaban J connectivity index is 1.63. The van der Waals surface area contributed by atoms with Gasteiger partial charge in [0.05, 0.1) is 11.9 Å². The van der Waals surface area contributed by atoms with Crippen molar-refractivity contribution >= 4 is 27.5 Å². The molecule has 0 bridgehead atoms. The molecule has 2 heterocycles. The molecule has 20 heavy (non-hydrogen) atoms. The maximum atomic E-state index is 11.9. The van der Waals surface area contributed by atoms with E-state index in [0.29, 0.717) is 5.69 Å². The molecule has 3 rings (SSSR count). The van der Waals surface area contributed by atoms with Crippen LogP contribution in [0.3, 0.4) is 0 Å². The monoisotopic (exact) mass is 335 g/mol. The average Bonchev–Trinajstić information content (AvgIpc) is 3.10. The summed E-state index contributed by atoms with van der Waals surface area (Å²) in [4.78, 5) is 14.2. The Labute approximate surface area is 124 Å². The molecule has 0 aliphatic carbocycles. The number of hydrogen-bond donors (Lipinski definition) is 2. The van der Waals surface area contributed by atoms with Crippen molar-refractivity contribution in [2.45, 2.75) is 12.5 Å². The van der Waals surface area contributed by atoms with Gasteiger partial charge in [0, 0.05) is 23.6 Å². The van der Waals surface area contributed by atoms with Gasteiger partial charge in [-0.2, -0.15) is 15.4 Å². The van der Waals surface area contributed by atoms with Crippen LogP contribution in [0.5, 0.6) is 0 Å². The maximum Gasteiger partial charge on any atom is 0.273 e. The fourth-order valence-corrected chi connectivity index (χ4v) is 2.91. The molecule has 2 aromatic rings. The fourth-order valence-electron chi connectivity index (χ4n) is 2.38. The minimum Gasteiger partial charge on any atom is -0.368 e. The molecule has 104 valence electrons. The number of halogens is 1. The van der Waals surface area contributed by atoms with Crippen molar-refractivity contribution in [2.24, 2.45) is 0 Å². The van der Waals surface area contributed by atoms with Crippen molar-refractivity contribution < 1.29 is 4.79 Å². The summed E-state index contributed by atoms with van der Waals surface area (Å²) in [7, 11) is 0. The molecular formula is C13H14BrN5O. The van der Waals surface area contributed by atoms with Crippen LogP contribution in [0.15, 0.2) is 34.9 Å². The second kappa shape index (κ2) is 5.62. The van der Waals surface area contributed by atoms with E-state index in [9.17, 15) is 4.79 Å². The van der Waals surface area contributed by atoms with E-state index in [2.05, 4.69) is 47.6 Å². The van der Waals surface area contributed by atoms with Gasteiger partial charge in [0.2, 0.25) is 0 Å². The summed E-state index contributed by atoms with van der Waals surface area (Å²) in [6.07, 6.45) is 2.35. The summed E-state index contributed by atoms with van der Waals surface area (Å²) in [5, 5.41) is 12.8. The Morgan fingerprint density at radius 3 is 3.05 bits per heavy atom. The number of aromatic amines is 1. The third kappa shape index (κ3) is 2.67. The summed E-state index contributed by atoms with van der Waals surface area (Å²) in [5.74, 6) is -0.183. The van der Waals surface area contributed by atoms with Crippen molar-refractivity contribution in [2.75, 3.05) is 18.0 Å². The SMILES string of the molecule is O=C(NC1CCN(c2ccccc2Br)C1)c1cn[nH]n1. The quantitative estimate of drug-likeness (QED) is 0.892. The highest BCUT2D eigenvalue weighted by Gasteiger charge is 2.25. The molecule has 0 spiro atoms. The normalized spacial score (nSPS) is 18.2. The van der Waals surface area contributed by atoms with E-state index >= 15 is 0 Å². The topological polar surface area (TPSA) is 73.9 Å². The third-order valence-corrected chi connectivity index (χ3v) is 4.03. The Hall–Kier alpha value is -1.89. The lowest BCUT2D eigenvalue weighted by molar-refractivity contribution is 0.0935. The summed E-state index contributed by atoms with van der Waals surface area (Å²) >= 11 is 3.56. The zero-order valence-corrected chi connectivity index (χ0v) is 12.3. The molecule has 1 atom stereocenters. The predicted molar refractivity (Wildman–Crippen MR) is 78.6 cm³/mol. The summed E-state index contributed by atoms with van der Waals surface area (Å²) in [6.45, 7) is 1.72. The van der Waals surface area contributed by atoms with E-state index in [0.717, 1.165) is 29.7 Å². The van der Waals surface area contributed by atoms with Gasteiger partial charge in [-0.25, -0.2) is 0 Å². The molecule has 1 fully saturated rings. The van der Waals surface area contributed by atoms with Crippen LogP contribution in [0.2, 0.25) is 0 Å². The molecule has 1 aromatic heterocycles. The van der Waals surface area contributed by atoms with Crippen molar-refractivity contribution in [1.29, 1.82) is 0 Å². The van der Waals surface area contributed by atoms with Crippen LogP contribution >= 0.6 is 15.9 Å². The smallest absolute Gasteiger partial charge is 0.273 e. The Kier molecular flexibility index (Phi) is 3.68. The second-order valence-corrected chi connectivity index (χ2v) is 5.57. The number of rotatable bonds is 3. The highest BCUT2D eigenvalue weighted by molar-refractivity contribution is 9.10. The molecule has 1 unspecified atom stereocenters. The van der Waals surface area contributed by atoms with E-state index < -0.39 is 0 Å². The first-order chi connectivity index (χ1) is 9.74. The van der Waals surface area contributed by atoms with Crippen LogP contribution in [0.4, 0.5) is 5.69 Å². The molecule has 1 aromatic carbocycles. The lowest BCUT2D eigenvalue weighted by Gasteiger charge is -2.20. The van der Waals surface area contributed by atoms with E-state index in [1.165, 1.54) is 6.20 Å². The van der Waals surface area contributed by atoms with Gasteiger partial charge >= 0.3 is 0 Å². The Morgan fingerprint density at radius 1 is 1.45 bits per heavy atom. The number of amides is 1. The number of benzene rings is 1. The van der Waals surface area contributed by atoms with Crippen LogP contribution in [-0.2, 0) is 0 Å². The lowest BCUT2D eigenvalue weighted by Crippen LogP contribution is -2.37. The van der Waals surface area contributed by atoms with Gasteiger partial charge in [0.25, 0.3) is 5.91 Å². The molecule has 0 radical (unpaired) electrons. The first-order valence-electron chi connectivity index (χ1n) is 6.40. The standard InChI is InChI=1S/C13H14BrN5O/c14-10-3-1-2-4-12(10)19-6-5-9(8-19)16-13(20)11-7-15-18-17-11/h1-4,7,9H,5-6,8H2,(H,16,20)(H,15,17,18). The number of nitrogens with zero attached hydrogens (tertiary/aromatic N) is 3. The first-order valence-corrected chi connectivity index (χ1v) is 7.19. The number of hydrogen-bond acceptors (Lipinski definition) is 4. The number of anilines is 1. The molecule has 1 saturated heterocycles. The van der Waals surface area contributed by atoms with Crippen molar-refractivity contribution in [3.63, 3.8) is 0 Å². The number of para-hydroxylation sites is 1. The van der Waals surface area contributed by atoms with Crippen LogP contribution < -0.4 is 10.2 Å². The van der Waals surface area contributed by atoms with Gasteiger partial charge in [0.1, 0.15) is 0 Å². The number of carbonyl (C=O) groups excluding carboxylic acids is 1. The summed E-state index contributed by atoms with van der Waals surface area (Å²) in [6, 6.07) is 8.24. The molecule has 1 aliphatic heterocycles. The molecule has 1 aliphatic rings. The van der Waals surface area contributed by atoms with Crippen molar-refractivity contribution in [1.82, 2.24) is 20.7 Å². The van der Waals surface area contributed by atoms with Gasteiger partial charge in [-0.1, -0.05) is 12.1 Å². The molecule has 7 heteroatoms. The minimum absolute atomic E-state index is 0.131. The van der Waals surface area contributed by atoms with Gasteiger partial charge in [-0.3, -0.25) is 4.79 Å². The summed E-state index contributed by atoms with van der Waals surface area (Å²) in [5.41, 5.74) is 1.48. The second-order valence-electron chi connectivity index (χ2n) is 4.71. The third-order valence-electron chi connectivity index (χ3n) is 3.36. The van der Waals surface area contributed by atoms with Gasteiger partial charge < -0.3 is 10.2 Å². The molecule has 0 saturated carbocycles. The van der Waals surface area contributed by atoms with E-state index in [4.69, 9.17) is 0 Å². The maximum absolute atomic E-state index is 11.9. The highest BCUT2D eigenvalue weighted by atomic mass is 79.9. The molecule has 2 N–H and O–H groups in total.